The Kier molecular flexibility index (Phi) is 5.64. The van der Waals surface area contributed by atoms with Crippen molar-refractivity contribution in [3.05, 3.63) is 48.0 Å². The molecule has 1 N–H and O–H groups in total. The van der Waals surface area contributed by atoms with E-state index in [0.29, 0.717) is 13.2 Å². The van der Waals surface area contributed by atoms with Gasteiger partial charge in [0, 0.05) is 6.54 Å². The van der Waals surface area contributed by atoms with E-state index in [2.05, 4.69) is 35.6 Å². The molecule has 3 nitrogen and oxygen atoms in total. The Hall–Kier alpha value is -2.00. The van der Waals surface area contributed by atoms with Crippen molar-refractivity contribution in [3.63, 3.8) is 0 Å². The molecule has 0 aliphatic carbocycles. The summed E-state index contributed by atoms with van der Waals surface area (Å²) in [4.78, 5) is 0. The first-order valence-corrected chi connectivity index (χ1v) is 7.42. The van der Waals surface area contributed by atoms with Gasteiger partial charge in [0.15, 0.2) is 11.5 Å². The van der Waals surface area contributed by atoms with Crippen molar-refractivity contribution >= 4 is 0 Å². The van der Waals surface area contributed by atoms with E-state index in [9.17, 15) is 0 Å². The first-order valence-electron chi connectivity index (χ1n) is 7.42. The fourth-order valence-electron chi connectivity index (χ4n) is 2.30. The van der Waals surface area contributed by atoms with E-state index in [4.69, 9.17) is 9.47 Å². The molecule has 0 heterocycles. The molecular weight excluding hydrogens is 262 g/mol. The number of ether oxygens (including phenoxy) is 2. The molecule has 0 bridgehead atoms. The highest BCUT2D eigenvalue weighted by molar-refractivity contribution is 5.67. The second kappa shape index (κ2) is 7.70. The van der Waals surface area contributed by atoms with Crippen LogP contribution in [-0.4, -0.2) is 20.3 Å². The molecule has 2 aromatic rings. The fraction of sp³-hybridized carbons (Fsp3) is 0.333. The minimum Gasteiger partial charge on any atom is -0.490 e. The topological polar surface area (TPSA) is 30.5 Å². The van der Waals surface area contributed by atoms with Crippen LogP contribution in [0.2, 0.25) is 0 Å². The normalized spacial score (nSPS) is 10.4. The Morgan fingerprint density at radius 3 is 2.29 bits per heavy atom. The van der Waals surface area contributed by atoms with Gasteiger partial charge in [0.25, 0.3) is 0 Å². The van der Waals surface area contributed by atoms with Crippen molar-refractivity contribution in [2.75, 3.05) is 20.3 Å². The Labute approximate surface area is 126 Å². The van der Waals surface area contributed by atoms with Crippen LogP contribution < -0.4 is 14.8 Å². The number of rotatable bonds is 7. The number of hydrogen-bond acceptors (Lipinski definition) is 3. The van der Waals surface area contributed by atoms with Crippen LogP contribution in [-0.2, 0) is 6.54 Å². The van der Waals surface area contributed by atoms with Gasteiger partial charge in [-0.05, 0) is 55.8 Å². The van der Waals surface area contributed by atoms with Gasteiger partial charge in [-0.1, -0.05) is 24.3 Å². The lowest BCUT2D eigenvalue weighted by atomic mass is 10.0. The average Bonchev–Trinajstić information content (AvgIpc) is 2.50. The van der Waals surface area contributed by atoms with Crippen LogP contribution >= 0.6 is 0 Å². The van der Waals surface area contributed by atoms with Gasteiger partial charge < -0.3 is 14.8 Å². The summed E-state index contributed by atoms with van der Waals surface area (Å²) in [6.45, 7) is 6.09. The van der Waals surface area contributed by atoms with Gasteiger partial charge in [-0.15, -0.1) is 0 Å². The zero-order valence-electron chi connectivity index (χ0n) is 13.0. The van der Waals surface area contributed by atoms with E-state index in [1.807, 2.05) is 33.0 Å². The number of benzene rings is 2. The van der Waals surface area contributed by atoms with Crippen molar-refractivity contribution in [2.24, 2.45) is 0 Å². The molecule has 0 fully saturated rings. The second-order valence-corrected chi connectivity index (χ2v) is 4.76. The largest absolute Gasteiger partial charge is 0.490 e. The van der Waals surface area contributed by atoms with Crippen LogP contribution in [0.25, 0.3) is 11.1 Å². The minimum atomic E-state index is 0.628. The van der Waals surface area contributed by atoms with E-state index >= 15 is 0 Å². The van der Waals surface area contributed by atoms with E-state index < -0.39 is 0 Å². The van der Waals surface area contributed by atoms with Crippen molar-refractivity contribution in [1.82, 2.24) is 5.32 Å². The molecule has 0 aromatic heterocycles. The maximum Gasteiger partial charge on any atom is 0.161 e. The fourth-order valence-corrected chi connectivity index (χ4v) is 2.30. The van der Waals surface area contributed by atoms with Crippen molar-refractivity contribution in [2.45, 2.75) is 20.4 Å². The molecular formula is C18H23NO2. The third-order valence-corrected chi connectivity index (χ3v) is 3.18. The summed E-state index contributed by atoms with van der Waals surface area (Å²) in [6, 6.07) is 14.6. The lowest BCUT2D eigenvalue weighted by Gasteiger charge is -2.13. The molecule has 0 unspecified atom stereocenters. The van der Waals surface area contributed by atoms with Gasteiger partial charge in [0.1, 0.15) is 0 Å². The molecule has 3 heteroatoms. The van der Waals surface area contributed by atoms with Crippen LogP contribution in [0.3, 0.4) is 0 Å². The molecule has 2 rings (SSSR count). The Balaban J connectivity index is 2.34. The third kappa shape index (κ3) is 3.99. The van der Waals surface area contributed by atoms with Gasteiger partial charge in [0.2, 0.25) is 0 Å². The maximum atomic E-state index is 5.69. The molecule has 21 heavy (non-hydrogen) atoms. The molecule has 0 aliphatic heterocycles. The summed E-state index contributed by atoms with van der Waals surface area (Å²) in [7, 11) is 1.96. The molecule has 112 valence electrons. The monoisotopic (exact) mass is 285 g/mol. The first kappa shape index (κ1) is 15.4. The van der Waals surface area contributed by atoms with Crippen molar-refractivity contribution in [1.29, 1.82) is 0 Å². The third-order valence-electron chi connectivity index (χ3n) is 3.18. The van der Waals surface area contributed by atoms with E-state index in [1.54, 1.807) is 0 Å². The number of nitrogens with one attached hydrogen (secondary N) is 1. The standard InChI is InChI=1S/C18H23NO2/c1-4-20-17-10-9-16(12-18(17)21-5-2)15-8-6-7-14(11-15)13-19-3/h6-12,19H,4-5,13H2,1-3H3. The summed E-state index contributed by atoms with van der Waals surface area (Å²) >= 11 is 0. The van der Waals surface area contributed by atoms with Crippen LogP contribution in [0.15, 0.2) is 42.5 Å². The van der Waals surface area contributed by atoms with E-state index in [0.717, 1.165) is 23.6 Å². The average molecular weight is 285 g/mol. The number of hydrogen-bond donors (Lipinski definition) is 1. The molecule has 0 saturated carbocycles. The maximum absolute atomic E-state index is 5.69. The van der Waals surface area contributed by atoms with Crippen molar-refractivity contribution in [3.8, 4) is 22.6 Å². The van der Waals surface area contributed by atoms with Crippen LogP contribution in [0, 0.1) is 0 Å². The lowest BCUT2D eigenvalue weighted by molar-refractivity contribution is 0.288. The predicted molar refractivity (Wildman–Crippen MR) is 87.0 cm³/mol. The second-order valence-electron chi connectivity index (χ2n) is 4.76. The van der Waals surface area contributed by atoms with Gasteiger partial charge in [-0.3, -0.25) is 0 Å². The first-order chi connectivity index (χ1) is 10.3. The highest BCUT2D eigenvalue weighted by Gasteiger charge is 2.07. The molecule has 0 radical (unpaired) electrons. The molecule has 0 amide bonds. The lowest BCUT2D eigenvalue weighted by Crippen LogP contribution is -2.04. The van der Waals surface area contributed by atoms with Crippen molar-refractivity contribution < 1.29 is 9.47 Å². The Morgan fingerprint density at radius 1 is 0.857 bits per heavy atom. The van der Waals surface area contributed by atoms with Gasteiger partial charge >= 0.3 is 0 Å². The van der Waals surface area contributed by atoms with E-state index in [-0.39, 0.29) is 0 Å². The predicted octanol–water partition coefficient (Wildman–Crippen LogP) is 3.87. The zero-order chi connectivity index (χ0) is 15.1. The molecule has 0 aliphatic rings. The van der Waals surface area contributed by atoms with Gasteiger partial charge in [-0.25, -0.2) is 0 Å². The van der Waals surface area contributed by atoms with Gasteiger partial charge in [0.05, 0.1) is 13.2 Å². The summed E-state index contributed by atoms with van der Waals surface area (Å²) in [5.74, 6) is 1.60. The smallest absolute Gasteiger partial charge is 0.161 e. The van der Waals surface area contributed by atoms with Gasteiger partial charge in [-0.2, -0.15) is 0 Å². The SMILES string of the molecule is CCOc1ccc(-c2cccc(CNC)c2)cc1OCC. The minimum absolute atomic E-state index is 0.628. The summed E-state index contributed by atoms with van der Waals surface area (Å²) in [5, 5.41) is 3.18. The Morgan fingerprint density at radius 2 is 1.57 bits per heavy atom. The Bertz CT molecular complexity index is 581. The highest BCUT2D eigenvalue weighted by atomic mass is 16.5. The van der Waals surface area contributed by atoms with Crippen LogP contribution in [0.5, 0.6) is 11.5 Å². The summed E-state index contributed by atoms with van der Waals surface area (Å²) < 4.78 is 11.3. The van der Waals surface area contributed by atoms with E-state index in [1.165, 1.54) is 11.1 Å². The van der Waals surface area contributed by atoms with Crippen LogP contribution in [0.4, 0.5) is 0 Å². The quantitative estimate of drug-likeness (QED) is 0.837. The molecule has 0 saturated heterocycles. The van der Waals surface area contributed by atoms with Crippen LogP contribution in [0.1, 0.15) is 19.4 Å². The molecule has 0 atom stereocenters. The molecule has 0 spiro atoms. The molecule has 2 aromatic carbocycles. The zero-order valence-corrected chi connectivity index (χ0v) is 13.0. The summed E-state index contributed by atoms with van der Waals surface area (Å²) in [6.07, 6.45) is 0. The summed E-state index contributed by atoms with van der Waals surface area (Å²) in [5.41, 5.74) is 3.59. The highest BCUT2D eigenvalue weighted by Crippen LogP contribution is 2.33.